The second kappa shape index (κ2) is 7.78. The summed E-state index contributed by atoms with van der Waals surface area (Å²) in [7, 11) is 0. The molecule has 9 nitrogen and oxygen atoms in total. The van der Waals surface area contributed by atoms with Crippen molar-refractivity contribution in [3.8, 4) is 0 Å². The molecule has 0 saturated heterocycles. The van der Waals surface area contributed by atoms with Crippen LogP contribution >= 0.6 is 0 Å². The molecule has 0 fully saturated rings. The van der Waals surface area contributed by atoms with E-state index < -0.39 is 29.4 Å². The van der Waals surface area contributed by atoms with Gasteiger partial charge in [0.1, 0.15) is 11.3 Å². The van der Waals surface area contributed by atoms with Gasteiger partial charge in [0.2, 0.25) is 0 Å². The smallest absolute Gasteiger partial charge is 0.341 e. The number of anilines is 1. The number of carbonyl (C=O) groups is 2. The number of ether oxygens (including phenoxy) is 1. The molecule has 144 valence electrons. The van der Waals surface area contributed by atoms with Crippen molar-refractivity contribution < 1.29 is 23.7 Å². The number of benzene rings is 2. The van der Waals surface area contributed by atoms with Crippen LogP contribution in [0.25, 0.3) is 11.0 Å². The summed E-state index contributed by atoms with van der Waals surface area (Å²) in [6.45, 7) is 1.17. The number of non-ortho nitro benzene ring substituents is 1. The van der Waals surface area contributed by atoms with E-state index in [2.05, 4.69) is 5.32 Å². The zero-order valence-corrected chi connectivity index (χ0v) is 14.9. The fourth-order valence-electron chi connectivity index (χ4n) is 2.61. The molecule has 2 aromatic carbocycles. The van der Waals surface area contributed by atoms with E-state index in [-0.39, 0.29) is 16.9 Å². The van der Waals surface area contributed by atoms with Gasteiger partial charge < -0.3 is 20.2 Å². The van der Waals surface area contributed by atoms with Crippen LogP contribution in [-0.4, -0.2) is 23.4 Å². The Morgan fingerprint density at radius 2 is 2.00 bits per heavy atom. The first-order valence-electron chi connectivity index (χ1n) is 8.34. The van der Waals surface area contributed by atoms with Crippen LogP contribution in [0.1, 0.15) is 29.1 Å². The SMILES string of the molecule is C[C@@H](NC(=O)COC(=O)c1cc([N+](=O)[O-])ccc1N)c1cc2ccccc2o1. The summed E-state index contributed by atoms with van der Waals surface area (Å²) in [5, 5.41) is 14.4. The molecule has 1 atom stereocenters. The third kappa shape index (κ3) is 4.09. The zero-order valence-electron chi connectivity index (χ0n) is 14.9. The van der Waals surface area contributed by atoms with Crippen LogP contribution in [-0.2, 0) is 9.53 Å². The first-order chi connectivity index (χ1) is 13.3. The van der Waals surface area contributed by atoms with E-state index in [1.807, 2.05) is 30.3 Å². The van der Waals surface area contributed by atoms with Gasteiger partial charge in [-0.25, -0.2) is 4.79 Å². The van der Waals surface area contributed by atoms with Crippen molar-refractivity contribution in [3.63, 3.8) is 0 Å². The van der Waals surface area contributed by atoms with Crippen LogP contribution in [0.5, 0.6) is 0 Å². The number of hydrogen-bond acceptors (Lipinski definition) is 7. The number of carbonyl (C=O) groups excluding carboxylic acids is 2. The average molecular weight is 383 g/mol. The number of nitrogens with one attached hydrogen (secondary N) is 1. The highest BCUT2D eigenvalue weighted by Crippen LogP contribution is 2.23. The highest BCUT2D eigenvalue weighted by molar-refractivity contribution is 5.97. The molecule has 3 N–H and O–H groups in total. The van der Waals surface area contributed by atoms with Gasteiger partial charge in [-0.15, -0.1) is 0 Å². The lowest BCUT2D eigenvalue weighted by Crippen LogP contribution is -2.31. The molecule has 3 aromatic rings. The topological polar surface area (TPSA) is 138 Å². The van der Waals surface area contributed by atoms with E-state index >= 15 is 0 Å². The first kappa shape index (κ1) is 18.9. The number of para-hydroxylation sites is 1. The third-order valence-corrected chi connectivity index (χ3v) is 4.05. The van der Waals surface area contributed by atoms with E-state index in [1.165, 1.54) is 12.1 Å². The Labute approximate surface area is 159 Å². The number of nitrogens with zero attached hydrogens (tertiary/aromatic N) is 1. The Kier molecular flexibility index (Phi) is 5.25. The third-order valence-electron chi connectivity index (χ3n) is 4.05. The number of hydrogen-bond donors (Lipinski definition) is 2. The van der Waals surface area contributed by atoms with Crippen LogP contribution in [0, 0.1) is 10.1 Å². The Balaban J connectivity index is 1.60. The molecule has 1 aromatic heterocycles. The Morgan fingerprint density at radius 3 is 2.71 bits per heavy atom. The van der Waals surface area contributed by atoms with E-state index in [0.717, 1.165) is 11.5 Å². The van der Waals surface area contributed by atoms with E-state index in [9.17, 15) is 19.7 Å². The Morgan fingerprint density at radius 1 is 1.25 bits per heavy atom. The van der Waals surface area contributed by atoms with Crippen molar-refractivity contribution in [2.75, 3.05) is 12.3 Å². The predicted molar refractivity (Wildman–Crippen MR) is 101 cm³/mol. The van der Waals surface area contributed by atoms with Crippen LogP contribution < -0.4 is 11.1 Å². The maximum Gasteiger partial charge on any atom is 0.341 e. The summed E-state index contributed by atoms with van der Waals surface area (Å²) >= 11 is 0. The number of nitrogen functional groups attached to an aromatic ring is 1. The second-order valence-electron chi connectivity index (χ2n) is 6.08. The normalized spacial score (nSPS) is 11.8. The average Bonchev–Trinajstić information content (AvgIpc) is 3.10. The van der Waals surface area contributed by atoms with Gasteiger partial charge in [0.05, 0.1) is 16.5 Å². The molecule has 0 unspecified atom stereocenters. The number of nitrogens with two attached hydrogens (primary N) is 1. The van der Waals surface area contributed by atoms with Crippen molar-refractivity contribution in [3.05, 3.63) is 70.0 Å². The molecule has 0 aliphatic carbocycles. The fraction of sp³-hybridized carbons (Fsp3) is 0.158. The number of amides is 1. The highest BCUT2D eigenvalue weighted by atomic mass is 16.6. The number of fused-ring (bicyclic) bond motifs is 1. The van der Waals surface area contributed by atoms with Crippen LogP contribution in [0.3, 0.4) is 0 Å². The summed E-state index contributed by atoms with van der Waals surface area (Å²) in [5.74, 6) is -0.915. The molecule has 1 heterocycles. The quantitative estimate of drug-likeness (QED) is 0.289. The molecule has 0 aliphatic rings. The number of nitro groups is 1. The molecule has 0 radical (unpaired) electrons. The lowest BCUT2D eigenvalue weighted by molar-refractivity contribution is -0.384. The van der Waals surface area contributed by atoms with Crippen molar-refractivity contribution >= 4 is 34.2 Å². The van der Waals surface area contributed by atoms with Crippen molar-refractivity contribution in [1.82, 2.24) is 5.32 Å². The molecule has 3 rings (SSSR count). The van der Waals surface area contributed by atoms with Gasteiger partial charge in [0.25, 0.3) is 11.6 Å². The first-order valence-corrected chi connectivity index (χ1v) is 8.34. The molecule has 0 spiro atoms. The van der Waals surface area contributed by atoms with Crippen molar-refractivity contribution in [2.45, 2.75) is 13.0 Å². The minimum atomic E-state index is -0.923. The maximum absolute atomic E-state index is 12.1. The number of nitro benzene ring substituents is 1. The highest BCUT2D eigenvalue weighted by Gasteiger charge is 2.19. The molecular formula is C19H17N3O6. The molecule has 1 amide bonds. The molecular weight excluding hydrogens is 366 g/mol. The van der Waals surface area contributed by atoms with Gasteiger partial charge in [-0.2, -0.15) is 0 Å². The van der Waals surface area contributed by atoms with Gasteiger partial charge in [-0.05, 0) is 25.1 Å². The predicted octanol–water partition coefficient (Wildman–Crippen LogP) is 2.96. The minimum absolute atomic E-state index is 0.0200. The maximum atomic E-state index is 12.1. The van der Waals surface area contributed by atoms with Crippen molar-refractivity contribution in [2.24, 2.45) is 0 Å². The number of esters is 1. The zero-order chi connectivity index (χ0) is 20.3. The largest absolute Gasteiger partial charge is 0.459 e. The van der Waals surface area contributed by atoms with Crippen LogP contribution in [0.4, 0.5) is 11.4 Å². The summed E-state index contributed by atoms with van der Waals surface area (Å²) in [6, 6.07) is 12.2. The standard InChI is InChI=1S/C19H17N3O6/c1-11(17-8-12-4-2-3-5-16(12)28-17)21-18(23)10-27-19(24)14-9-13(22(25)26)6-7-15(14)20/h2-9,11H,10,20H2,1H3,(H,21,23)/t11-/m1/s1. The number of furan rings is 1. The summed E-state index contributed by atoms with van der Waals surface area (Å²) in [4.78, 5) is 34.3. The molecule has 0 bridgehead atoms. The summed E-state index contributed by atoms with van der Waals surface area (Å²) in [6.07, 6.45) is 0. The van der Waals surface area contributed by atoms with Gasteiger partial charge in [0.15, 0.2) is 6.61 Å². The van der Waals surface area contributed by atoms with E-state index in [0.29, 0.717) is 11.3 Å². The van der Waals surface area contributed by atoms with Crippen LogP contribution in [0.2, 0.25) is 0 Å². The second-order valence-corrected chi connectivity index (χ2v) is 6.08. The summed E-state index contributed by atoms with van der Waals surface area (Å²) in [5.41, 5.74) is 5.90. The molecule has 0 aliphatic heterocycles. The minimum Gasteiger partial charge on any atom is -0.459 e. The van der Waals surface area contributed by atoms with Crippen LogP contribution in [0.15, 0.2) is 52.9 Å². The van der Waals surface area contributed by atoms with E-state index in [4.69, 9.17) is 14.9 Å². The Hall–Kier alpha value is -3.88. The lowest BCUT2D eigenvalue weighted by atomic mass is 10.1. The van der Waals surface area contributed by atoms with E-state index in [1.54, 1.807) is 6.92 Å². The van der Waals surface area contributed by atoms with Gasteiger partial charge in [-0.3, -0.25) is 14.9 Å². The monoisotopic (exact) mass is 383 g/mol. The Bertz CT molecular complexity index is 1030. The fourth-order valence-corrected chi connectivity index (χ4v) is 2.61. The number of rotatable bonds is 6. The summed E-state index contributed by atoms with van der Waals surface area (Å²) < 4.78 is 10.6. The van der Waals surface area contributed by atoms with Gasteiger partial charge in [-0.1, -0.05) is 18.2 Å². The molecule has 9 heteroatoms. The van der Waals surface area contributed by atoms with Gasteiger partial charge in [0, 0.05) is 23.2 Å². The van der Waals surface area contributed by atoms with Gasteiger partial charge >= 0.3 is 5.97 Å². The molecule has 0 saturated carbocycles. The molecule has 28 heavy (non-hydrogen) atoms. The van der Waals surface area contributed by atoms with Crippen molar-refractivity contribution in [1.29, 1.82) is 0 Å². The lowest BCUT2D eigenvalue weighted by Gasteiger charge is -2.12.